The lowest BCUT2D eigenvalue weighted by Crippen LogP contribution is -2.26. The SMILES string of the molecule is Cc1ccc(-c2cnc(CCC(=O)NCCC3CCNC3)o2)cc1. The monoisotopic (exact) mass is 327 g/mol. The number of hydrogen-bond acceptors (Lipinski definition) is 4. The van der Waals surface area contributed by atoms with Gasteiger partial charge in [0.25, 0.3) is 0 Å². The molecule has 1 aromatic carbocycles. The van der Waals surface area contributed by atoms with Crippen molar-refractivity contribution < 1.29 is 9.21 Å². The first-order valence-electron chi connectivity index (χ1n) is 8.70. The van der Waals surface area contributed by atoms with Gasteiger partial charge in [-0.15, -0.1) is 0 Å². The van der Waals surface area contributed by atoms with Crippen molar-refractivity contribution in [2.75, 3.05) is 19.6 Å². The molecule has 1 atom stereocenters. The van der Waals surface area contributed by atoms with Gasteiger partial charge >= 0.3 is 0 Å². The molecule has 1 aliphatic heterocycles. The van der Waals surface area contributed by atoms with Crippen LogP contribution < -0.4 is 10.6 Å². The van der Waals surface area contributed by atoms with Crippen molar-refractivity contribution >= 4 is 5.91 Å². The molecule has 0 aliphatic carbocycles. The highest BCUT2D eigenvalue weighted by atomic mass is 16.4. The van der Waals surface area contributed by atoms with Crippen LogP contribution >= 0.6 is 0 Å². The third-order valence-electron chi connectivity index (χ3n) is 4.49. The van der Waals surface area contributed by atoms with Crippen molar-refractivity contribution in [3.05, 3.63) is 41.9 Å². The molecule has 1 aliphatic rings. The number of aryl methyl sites for hydroxylation is 2. The van der Waals surface area contributed by atoms with Gasteiger partial charge in [-0.2, -0.15) is 0 Å². The molecule has 128 valence electrons. The number of carbonyl (C=O) groups is 1. The van der Waals surface area contributed by atoms with Gasteiger partial charge in [0, 0.05) is 24.9 Å². The molecule has 1 fully saturated rings. The van der Waals surface area contributed by atoms with Crippen molar-refractivity contribution in [1.82, 2.24) is 15.6 Å². The van der Waals surface area contributed by atoms with Gasteiger partial charge in [-0.05, 0) is 38.8 Å². The number of aromatic nitrogens is 1. The molecule has 1 aromatic heterocycles. The van der Waals surface area contributed by atoms with E-state index in [1.54, 1.807) is 6.20 Å². The van der Waals surface area contributed by atoms with Gasteiger partial charge in [0.05, 0.1) is 6.20 Å². The van der Waals surface area contributed by atoms with Crippen molar-refractivity contribution in [3.8, 4) is 11.3 Å². The van der Waals surface area contributed by atoms with Crippen molar-refractivity contribution in [3.63, 3.8) is 0 Å². The molecule has 24 heavy (non-hydrogen) atoms. The summed E-state index contributed by atoms with van der Waals surface area (Å²) in [5.74, 6) is 2.13. The van der Waals surface area contributed by atoms with E-state index in [2.05, 4.69) is 22.5 Å². The fourth-order valence-electron chi connectivity index (χ4n) is 2.96. The lowest BCUT2D eigenvalue weighted by Gasteiger charge is -2.08. The number of benzene rings is 1. The number of nitrogens with one attached hydrogen (secondary N) is 2. The van der Waals surface area contributed by atoms with E-state index in [0.29, 0.717) is 24.7 Å². The Bertz CT molecular complexity index is 658. The minimum atomic E-state index is 0.0658. The summed E-state index contributed by atoms with van der Waals surface area (Å²) in [4.78, 5) is 16.2. The first-order valence-corrected chi connectivity index (χ1v) is 8.70. The van der Waals surface area contributed by atoms with Gasteiger partial charge in [0.15, 0.2) is 11.7 Å². The number of nitrogens with zero attached hydrogens (tertiary/aromatic N) is 1. The zero-order valence-corrected chi connectivity index (χ0v) is 14.2. The Morgan fingerprint density at radius 1 is 1.38 bits per heavy atom. The number of oxazole rings is 1. The smallest absolute Gasteiger partial charge is 0.220 e. The first-order chi connectivity index (χ1) is 11.7. The van der Waals surface area contributed by atoms with Crippen LogP contribution in [0.1, 0.15) is 30.7 Å². The molecular weight excluding hydrogens is 302 g/mol. The molecule has 0 spiro atoms. The highest BCUT2D eigenvalue weighted by Gasteiger charge is 2.14. The molecule has 5 heteroatoms. The van der Waals surface area contributed by atoms with Crippen LogP contribution in [0.5, 0.6) is 0 Å². The maximum atomic E-state index is 11.9. The molecule has 0 radical (unpaired) electrons. The largest absolute Gasteiger partial charge is 0.441 e. The summed E-state index contributed by atoms with van der Waals surface area (Å²) in [6.07, 6.45) is 4.94. The van der Waals surface area contributed by atoms with E-state index >= 15 is 0 Å². The minimum absolute atomic E-state index is 0.0658. The average Bonchev–Trinajstić information content (AvgIpc) is 3.25. The number of hydrogen-bond donors (Lipinski definition) is 2. The highest BCUT2D eigenvalue weighted by molar-refractivity contribution is 5.76. The Morgan fingerprint density at radius 2 is 2.21 bits per heavy atom. The Hall–Kier alpha value is -2.14. The zero-order valence-electron chi connectivity index (χ0n) is 14.2. The summed E-state index contributed by atoms with van der Waals surface area (Å²) in [6, 6.07) is 8.13. The number of rotatable bonds is 7. The molecule has 2 N–H and O–H groups in total. The zero-order chi connectivity index (χ0) is 16.8. The second kappa shape index (κ2) is 8.11. The van der Waals surface area contributed by atoms with Crippen molar-refractivity contribution in [2.45, 2.75) is 32.6 Å². The predicted molar refractivity (Wildman–Crippen MR) is 93.6 cm³/mol. The average molecular weight is 327 g/mol. The minimum Gasteiger partial charge on any atom is -0.441 e. The molecule has 2 heterocycles. The van der Waals surface area contributed by atoms with Gasteiger partial charge in [0.2, 0.25) is 5.91 Å². The summed E-state index contributed by atoms with van der Waals surface area (Å²) in [6.45, 7) is 4.99. The third kappa shape index (κ3) is 4.68. The predicted octanol–water partition coefficient (Wildman–Crippen LogP) is 2.70. The molecule has 3 rings (SSSR count). The lowest BCUT2D eigenvalue weighted by atomic mass is 10.1. The van der Waals surface area contributed by atoms with E-state index in [0.717, 1.165) is 37.4 Å². The summed E-state index contributed by atoms with van der Waals surface area (Å²) < 4.78 is 5.75. The Labute approximate surface area is 142 Å². The molecule has 0 bridgehead atoms. The molecular formula is C19H25N3O2. The Balaban J connectivity index is 1.41. The van der Waals surface area contributed by atoms with Crippen LogP contribution in [0.3, 0.4) is 0 Å². The second-order valence-electron chi connectivity index (χ2n) is 6.48. The van der Waals surface area contributed by atoms with Crippen LogP contribution in [0, 0.1) is 12.8 Å². The van der Waals surface area contributed by atoms with Gasteiger partial charge in [-0.3, -0.25) is 4.79 Å². The van der Waals surface area contributed by atoms with E-state index in [1.807, 2.05) is 24.3 Å². The fraction of sp³-hybridized carbons (Fsp3) is 0.474. The normalized spacial score (nSPS) is 17.1. The van der Waals surface area contributed by atoms with Gasteiger partial charge in [-0.25, -0.2) is 4.98 Å². The third-order valence-corrected chi connectivity index (χ3v) is 4.49. The van der Waals surface area contributed by atoms with E-state index in [-0.39, 0.29) is 5.91 Å². The van der Waals surface area contributed by atoms with Crippen LogP contribution in [0.2, 0.25) is 0 Å². The summed E-state index contributed by atoms with van der Waals surface area (Å²) >= 11 is 0. The standard InChI is InChI=1S/C19H25N3O2/c1-14-2-4-16(5-3-14)17-13-22-19(24-17)7-6-18(23)21-11-9-15-8-10-20-12-15/h2-5,13,15,20H,6-12H2,1H3,(H,21,23). The summed E-state index contributed by atoms with van der Waals surface area (Å²) in [5.41, 5.74) is 2.22. The maximum absolute atomic E-state index is 11.9. The van der Waals surface area contributed by atoms with Crippen LogP contribution in [0.4, 0.5) is 0 Å². The van der Waals surface area contributed by atoms with Gasteiger partial charge in [0.1, 0.15) is 0 Å². The fourth-order valence-corrected chi connectivity index (χ4v) is 2.96. The highest BCUT2D eigenvalue weighted by Crippen LogP contribution is 2.21. The van der Waals surface area contributed by atoms with Crippen LogP contribution in [-0.2, 0) is 11.2 Å². The van der Waals surface area contributed by atoms with E-state index in [4.69, 9.17) is 4.42 Å². The van der Waals surface area contributed by atoms with Gasteiger partial charge in [-0.1, -0.05) is 29.8 Å². The van der Waals surface area contributed by atoms with E-state index < -0.39 is 0 Å². The molecule has 2 aromatic rings. The summed E-state index contributed by atoms with van der Waals surface area (Å²) in [7, 11) is 0. The Kier molecular flexibility index (Phi) is 5.64. The quantitative estimate of drug-likeness (QED) is 0.820. The molecule has 5 nitrogen and oxygen atoms in total. The van der Waals surface area contributed by atoms with Crippen molar-refractivity contribution in [1.29, 1.82) is 0 Å². The topological polar surface area (TPSA) is 67.2 Å². The van der Waals surface area contributed by atoms with Crippen LogP contribution in [-0.4, -0.2) is 30.5 Å². The van der Waals surface area contributed by atoms with Crippen molar-refractivity contribution in [2.24, 2.45) is 5.92 Å². The van der Waals surface area contributed by atoms with Crippen LogP contribution in [0.15, 0.2) is 34.9 Å². The van der Waals surface area contributed by atoms with E-state index in [1.165, 1.54) is 12.0 Å². The number of amides is 1. The maximum Gasteiger partial charge on any atom is 0.220 e. The summed E-state index contributed by atoms with van der Waals surface area (Å²) in [5, 5.41) is 6.33. The van der Waals surface area contributed by atoms with E-state index in [9.17, 15) is 4.79 Å². The first kappa shape index (κ1) is 16.7. The Morgan fingerprint density at radius 3 is 2.96 bits per heavy atom. The number of carbonyl (C=O) groups excluding carboxylic acids is 1. The molecule has 0 saturated carbocycles. The lowest BCUT2D eigenvalue weighted by molar-refractivity contribution is -0.121. The second-order valence-corrected chi connectivity index (χ2v) is 6.48. The van der Waals surface area contributed by atoms with Crippen LogP contribution in [0.25, 0.3) is 11.3 Å². The molecule has 1 amide bonds. The molecule has 1 unspecified atom stereocenters. The van der Waals surface area contributed by atoms with Gasteiger partial charge < -0.3 is 15.1 Å². The molecule has 1 saturated heterocycles.